The third-order valence-corrected chi connectivity index (χ3v) is 12.3. The summed E-state index contributed by atoms with van der Waals surface area (Å²) in [6.45, 7) is 7.45. The van der Waals surface area contributed by atoms with Crippen LogP contribution in [-0.2, 0) is 0 Å². The largest absolute Gasteiger partial charge is 0.309 e. The highest BCUT2D eigenvalue weighted by Gasteiger charge is 2.31. The molecule has 0 unspecified atom stereocenters. The van der Waals surface area contributed by atoms with Crippen molar-refractivity contribution < 1.29 is 0 Å². The number of hydrogen-bond acceptors (Lipinski definition) is 0. The molecule has 0 bridgehead atoms. The molecule has 11 aromatic rings. The normalized spacial score (nSPS) is 11.7. The first-order valence-corrected chi connectivity index (χ1v) is 20.1. The van der Waals surface area contributed by atoms with E-state index in [1.807, 2.05) is 12.1 Å². The van der Waals surface area contributed by atoms with Gasteiger partial charge in [-0.3, -0.25) is 0 Å². The predicted molar refractivity (Wildman–Crippen MR) is 248 cm³/mol. The van der Waals surface area contributed by atoms with Gasteiger partial charge in [0.25, 0.3) is 0 Å². The van der Waals surface area contributed by atoms with Gasteiger partial charge < -0.3 is 4.57 Å². The molecule has 10 aromatic carbocycles. The number of benzene rings is 10. The first-order valence-electron chi connectivity index (χ1n) is 20.1. The van der Waals surface area contributed by atoms with Crippen molar-refractivity contribution in [3.63, 3.8) is 0 Å². The Morgan fingerprint density at radius 3 is 1.42 bits per heavy atom. The Kier molecular flexibility index (Phi) is 7.33. The lowest BCUT2D eigenvalue weighted by Gasteiger charge is -2.20. The monoisotopic (exact) mass is 746 g/mol. The number of aromatic nitrogens is 1. The Bertz CT molecular complexity index is 3420. The van der Waals surface area contributed by atoms with Crippen LogP contribution in [0.3, 0.4) is 0 Å². The summed E-state index contributed by atoms with van der Waals surface area (Å²) >= 11 is 0. The van der Waals surface area contributed by atoms with Crippen molar-refractivity contribution in [2.24, 2.45) is 0 Å². The van der Waals surface area contributed by atoms with Gasteiger partial charge in [0.1, 0.15) is 0 Å². The molecule has 0 fully saturated rings. The highest BCUT2D eigenvalue weighted by molar-refractivity contribution is 6.29. The topological polar surface area (TPSA) is 9.29 Å². The summed E-state index contributed by atoms with van der Waals surface area (Å²) in [6, 6.07) is 74.8. The number of para-hydroxylation sites is 1. The van der Waals surface area contributed by atoms with Gasteiger partial charge in [-0.1, -0.05) is 170 Å². The molecule has 0 spiro atoms. The van der Waals surface area contributed by atoms with Crippen LogP contribution < -0.4 is 0 Å². The molecule has 0 aliphatic heterocycles. The van der Waals surface area contributed by atoms with Gasteiger partial charge in [-0.25, -0.2) is 4.85 Å². The Balaban J connectivity index is 1.12. The molecule has 1 aliphatic rings. The Morgan fingerprint density at radius 1 is 0.322 bits per heavy atom. The van der Waals surface area contributed by atoms with Gasteiger partial charge in [0, 0.05) is 16.5 Å². The van der Waals surface area contributed by atoms with Crippen LogP contribution in [0, 0.1) is 6.57 Å². The number of fused-ring (bicyclic) bond motifs is 7. The summed E-state index contributed by atoms with van der Waals surface area (Å²) in [6.07, 6.45) is 0. The summed E-state index contributed by atoms with van der Waals surface area (Å²) in [5, 5.41) is 7.50. The minimum Gasteiger partial charge on any atom is -0.309 e. The molecule has 1 aliphatic carbocycles. The lowest BCUT2D eigenvalue weighted by Crippen LogP contribution is -1.93. The molecule has 1 heterocycles. The van der Waals surface area contributed by atoms with Gasteiger partial charge in [-0.2, -0.15) is 0 Å². The van der Waals surface area contributed by atoms with Gasteiger partial charge in [-0.05, 0) is 125 Å². The molecule has 0 N–H and O–H groups in total. The summed E-state index contributed by atoms with van der Waals surface area (Å²) < 4.78 is 2.38. The predicted octanol–water partition coefficient (Wildman–Crippen LogP) is 16.0. The second-order valence-corrected chi connectivity index (χ2v) is 15.5. The maximum absolute atomic E-state index is 7.45. The van der Waals surface area contributed by atoms with E-state index in [1.165, 1.54) is 93.5 Å². The first-order chi connectivity index (χ1) is 29.2. The minimum absolute atomic E-state index is 0.648. The number of nitrogens with zero attached hydrogens (tertiary/aromatic N) is 2. The van der Waals surface area contributed by atoms with E-state index in [9.17, 15) is 0 Å². The molecule has 0 saturated heterocycles. The second kappa shape index (κ2) is 13.0. The van der Waals surface area contributed by atoms with Crippen molar-refractivity contribution in [1.82, 2.24) is 4.57 Å². The zero-order chi connectivity index (χ0) is 39.0. The first kappa shape index (κ1) is 33.2. The fourth-order valence-corrected chi connectivity index (χ4v) is 9.82. The zero-order valence-corrected chi connectivity index (χ0v) is 32.0. The van der Waals surface area contributed by atoms with Gasteiger partial charge in [-0.15, -0.1) is 0 Å². The molecule has 1 aromatic heterocycles. The van der Waals surface area contributed by atoms with Crippen molar-refractivity contribution in [2.75, 3.05) is 0 Å². The van der Waals surface area contributed by atoms with E-state index in [2.05, 4.69) is 204 Å². The SMILES string of the molecule is [C-]#[N+]c1ccc(-c2ccc3c(c2)c2cc(-c4ccc5c6c(cccc46)-c4c-5c(-c5ccccc5)c5ccccc5c4-c4ccccc4)ccc2n3-c2ccccc2)cc1. The molecule has 2 heteroatoms. The summed E-state index contributed by atoms with van der Waals surface area (Å²) in [7, 11) is 0. The van der Waals surface area contributed by atoms with Gasteiger partial charge >= 0.3 is 0 Å². The molecule has 2 nitrogen and oxygen atoms in total. The maximum Gasteiger partial charge on any atom is 0.187 e. The maximum atomic E-state index is 7.45. The third kappa shape index (κ3) is 4.99. The van der Waals surface area contributed by atoms with Crippen LogP contribution in [0.2, 0.25) is 0 Å². The Hall–Kier alpha value is -7.99. The number of rotatable bonds is 5. The standard InChI is InChI=1S/C57H34N2/c1-58-41-28-24-36(25-29-41)39-26-32-51-49(34-39)50-35-40(27-33-52(50)59(51)42-18-9-4-10-19-42)43-30-31-48-55-44(43)22-13-23-47(55)56-53(37-14-5-2-6-15-37)45-20-11-12-21-46(45)54(57(48)56)38-16-7-3-8-17-38/h2-35H. The third-order valence-electron chi connectivity index (χ3n) is 12.3. The van der Waals surface area contributed by atoms with Gasteiger partial charge in [0.05, 0.1) is 17.6 Å². The Morgan fingerprint density at radius 2 is 0.814 bits per heavy atom. The van der Waals surface area contributed by atoms with E-state index in [0.29, 0.717) is 5.69 Å². The molecular weight excluding hydrogens is 713 g/mol. The molecule has 0 atom stereocenters. The molecule has 59 heavy (non-hydrogen) atoms. The summed E-state index contributed by atoms with van der Waals surface area (Å²) in [5.74, 6) is 0. The van der Waals surface area contributed by atoms with E-state index >= 15 is 0 Å². The smallest absolute Gasteiger partial charge is 0.187 e. The number of hydrogen-bond donors (Lipinski definition) is 0. The van der Waals surface area contributed by atoms with Crippen LogP contribution in [0.15, 0.2) is 206 Å². The van der Waals surface area contributed by atoms with Crippen molar-refractivity contribution >= 4 is 49.0 Å². The van der Waals surface area contributed by atoms with Crippen LogP contribution in [0.5, 0.6) is 0 Å². The van der Waals surface area contributed by atoms with E-state index in [4.69, 9.17) is 6.57 Å². The fourth-order valence-electron chi connectivity index (χ4n) is 9.82. The fraction of sp³-hybridized carbons (Fsp3) is 0. The van der Waals surface area contributed by atoms with E-state index < -0.39 is 0 Å². The van der Waals surface area contributed by atoms with E-state index in [1.54, 1.807) is 0 Å². The summed E-state index contributed by atoms with van der Waals surface area (Å²) in [5.41, 5.74) is 19.0. The van der Waals surface area contributed by atoms with E-state index in [-0.39, 0.29) is 0 Å². The van der Waals surface area contributed by atoms with Crippen molar-refractivity contribution in [3.8, 4) is 72.4 Å². The summed E-state index contributed by atoms with van der Waals surface area (Å²) in [4.78, 5) is 3.62. The molecule has 0 amide bonds. The van der Waals surface area contributed by atoms with Gasteiger partial charge in [0.2, 0.25) is 0 Å². The lowest BCUT2D eigenvalue weighted by atomic mass is 9.82. The average molecular weight is 747 g/mol. The van der Waals surface area contributed by atoms with E-state index in [0.717, 1.165) is 22.3 Å². The highest BCUT2D eigenvalue weighted by atomic mass is 15.0. The average Bonchev–Trinajstić information content (AvgIpc) is 3.82. The van der Waals surface area contributed by atoms with Crippen LogP contribution in [0.4, 0.5) is 5.69 Å². The van der Waals surface area contributed by atoms with Crippen molar-refractivity contribution in [1.29, 1.82) is 0 Å². The van der Waals surface area contributed by atoms with Gasteiger partial charge in [0.15, 0.2) is 5.69 Å². The molecule has 272 valence electrons. The van der Waals surface area contributed by atoms with Crippen molar-refractivity contribution in [2.45, 2.75) is 0 Å². The minimum atomic E-state index is 0.648. The zero-order valence-electron chi connectivity index (χ0n) is 32.0. The highest BCUT2D eigenvalue weighted by Crippen LogP contribution is 2.58. The van der Waals surface area contributed by atoms with Crippen LogP contribution in [-0.4, -0.2) is 4.57 Å². The van der Waals surface area contributed by atoms with Crippen LogP contribution in [0.25, 0.3) is 121 Å². The molecular formula is C57H34N2. The molecule has 0 saturated carbocycles. The lowest BCUT2D eigenvalue weighted by molar-refractivity contribution is 1.18. The molecule has 12 rings (SSSR count). The molecule has 0 radical (unpaired) electrons. The second-order valence-electron chi connectivity index (χ2n) is 15.5. The van der Waals surface area contributed by atoms with Crippen LogP contribution in [0.1, 0.15) is 0 Å². The van der Waals surface area contributed by atoms with Crippen LogP contribution >= 0.6 is 0 Å². The Labute approximate surface area is 342 Å². The van der Waals surface area contributed by atoms with Crippen molar-refractivity contribution in [3.05, 3.63) is 218 Å². The quantitative estimate of drug-likeness (QED) is 0.155.